The highest BCUT2D eigenvalue weighted by molar-refractivity contribution is 7.91. The number of allylic oxidation sites excluding steroid dienone is 1. The second-order valence-corrected chi connectivity index (χ2v) is 11.6. The Morgan fingerprint density at radius 2 is 2.08 bits per heavy atom. The smallest absolute Gasteiger partial charge is 0.250 e. The number of likely N-dealkylation sites (N-methyl/N-ethyl adjacent to an activating group) is 1. The van der Waals surface area contributed by atoms with Gasteiger partial charge in [0, 0.05) is 31.9 Å². The first-order valence-corrected chi connectivity index (χ1v) is 14.9. The monoisotopic (exact) mass is 558 g/mol. The van der Waals surface area contributed by atoms with Crippen molar-refractivity contribution in [1.29, 1.82) is 0 Å². The lowest BCUT2D eigenvalue weighted by atomic mass is 10.1. The summed E-state index contributed by atoms with van der Waals surface area (Å²) < 4.78 is 29.9. The highest BCUT2D eigenvalue weighted by Crippen LogP contribution is 2.34. The van der Waals surface area contributed by atoms with E-state index in [0.29, 0.717) is 35.1 Å². The van der Waals surface area contributed by atoms with Crippen molar-refractivity contribution in [2.75, 3.05) is 45.2 Å². The van der Waals surface area contributed by atoms with Gasteiger partial charge in [0.2, 0.25) is 10.0 Å². The van der Waals surface area contributed by atoms with Crippen molar-refractivity contribution in [2.45, 2.75) is 31.4 Å². The van der Waals surface area contributed by atoms with E-state index in [9.17, 15) is 8.42 Å². The number of rotatable bonds is 8. The third kappa shape index (κ3) is 5.97. The van der Waals surface area contributed by atoms with Crippen molar-refractivity contribution in [3.8, 4) is 0 Å². The average molecular weight is 559 g/mol. The Kier molecular flexibility index (Phi) is 8.95. The maximum Gasteiger partial charge on any atom is 0.250 e. The molecule has 0 spiro atoms. The molecule has 0 saturated carbocycles. The van der Waals surface area contributed by atoms with Gasteiger partial charge in [-0.25, -0.2) is 23.1 Å². The number of nitrogens with zero attached hydrogens (tertiary/aromatic N) is 5. The number of hydrogen-bond donors (Lipinski definition) is 4. The maximum atomic E-state index is 12.6. The molecule has 204 valence electrons. The van der Waals surface area contributed by atoms with Crippen LogP contribution in [0.2, 0.25) is 0 Å². The van der Waals surface area contributed by atoms with Crippen molar-refractivity contribution >= 4 is 55.2 Å². The van der Waals surface area contributed by atoms with Crippen LogP contribution in [0.15, 0.2) is 39.9 Å². The zero-order chi connectivity index (χ0) is 27.3. The number of aliphatic hydroxyl groups is 1. The lowest BCUT2D eigenvalue weighted by Gasteiger charge is -2.17. The Morgan fingerprint density at radius 1 is 1.26 bits per heavy atom. The van der Waals surface area contributed by atoms with Crippen LogP contribution in [0.5, 0.6) is 0 Å². The van der Waals surface area contributed by atoms with E-state index in [0.717, 1.165) is 46.8 Å². The summed E-state index contributed by atoms with van der Waals surface area (Å²) in [6.07, 6.45) is 10.8. The second kappa shape index (κ2) is 12.2. The van der Waals surface area contributed by atoms with E-state index < -0.39 is 10.0 Å². The van der Waals surface area contributed by atoms with Gasteiger partial charge in [-0.2, -0.15) is 5.10 Å². The molecule has 3 aromatic heterocycles. The van der Waals surface area contributed by atoms with E-state index in [1.807, 2.05) is 42.7 Å². The molecule has 3 aromatic rings. The molecular weight excluding hydrogens is 524 g/mol. The minimum absolute atomic E-state index is 0.0401. The number of nitrogens with one attached hydrogen (secondary N) is 3. The third-order valence-corrected chi connectivity index (χ3v) is 9.13. The predicted octanol–water partition coefficient (Wildman–Crippen LogP) is 2.83. The number of aryl methyl sites for hydroxylation is 1. The molecule has 0 fully saturated rings. The third-order valence-electron chi connectivity index (χ3n) is 5.88. The fraction of sp³-hybridized carbons (Fsp3) is 0.400. The summed E-state index contributed by atoms with van der Waals surface area (Å²) in [4.78, 5) is 9.53. The van der Waals surface area contributed by atoms with Gasteiger partial charge in [0.1, 0.15) is 4.21 Å². The van der Waals surface area contributed by atoms with E-state index in [4.69, 9.17) is 10.1 Å². The summed E-state index contributed by atoms with van der Waals surface area (Å²) in [6, 6.07) is 1.78. The standard InChI is InChI=1S/C23H28N8O3S2.C2H6/c1-15-10-20(35-23(15)36(33,34)27-7-9-32)29-21-22-25-13-19(17-5-8-30(2)26-12-17)31(22)14-18(28-21)16-4-3-6-24-11-16;1-2/h4-5,10,12-14,24,27,32H,3,6-9,11H2,1-2H3,(H,28,29);1-2H3. The fourth-order valence-electron chi connectivity index (χ4n) is 4.10. The molecular formula is C25H34N8O3S2. The summed E-state index contributed by atoms with van der Waals surface area (Å²) in [5.41, 5.74) is 5.01. The van der Waals surface area contributed by atoms with Gasteiger partial charge in [0.05, 0.1) is 42.0 Å². The average Bonchev–Trinajstić information content (AvgIpc) is 3.53. The molecule has 0 aliphatic carbocycles. The highest BCUT2D eigenvalue weighted by Gasteiger charge is 2.22. The van der Waals surface area contributed by atoms with E-state index >= 15 is 0 Å². The van der Waals surface area contributed by atoms with Gasteiger partial charge in [-0.1, -0.05) is 26.0 Å². The van der Waals surface area contributed by atoms with Gasteiger partial charge in [-0.3, -0.25) is 9.41 Å². The highest BCUT2D eigenvalue weighted by atomic mass is 32.2. The summed E-state index contributed by atoms with van der Waals surface area (Å²) in [5.74, 6) is 0.532. The molecule has 0 bridgehead atoms. The Balaban J connectivity index is 0.00000164. The van der Waals surface area contributed by atoms with Gasteiger partial charge in [0.25, 0.3) is 0 Å². The molecule has 38 heavy (non-hydrogen) atoms. The van der Waals surface area contributed by atoms with Crippen LogP contribution >= 0.6 is 11.3 Å². The molecule has 0 saturated heterocycles. The van der Waals surface area contributed by atoms with E-state index in [2.05, 4.69) is 37.6 Å². The Labute approximate surface area is 227 Å². The normalized spacial score (nSPS) is 15.7. The zero-order valence-corrected chi connectivity index (χ0v) is 23.7. The van der Waals surface area contributed by atoms with Crippen LogP contribution in [0, 0.1) is 6.92 Å². The fourth-order valence-corrected chi connectivity index (χ4v) is 6.76. The summed E-state index contributed by atoms with van der Waals surface area (Å²) in [6.45, 7) is 7.78. The number of aliphatic hydroxyl groups excluding tert-OH is 1. The molecule has 13 heteroatoms. The van der Waals surface area contributed by atoms with Crippen LogP contribution in [-0.4, -0.2) is 79.0 Å². The molecule has 0 radical (unpaired) electrons. The van der Waals surface area contributed by atoms with Crippen molar-refractivity contribution < 1.29 is 13.5 Å². The zero-order valence-electron chi connectivity index (χ0n) is 22.0. The molecule has 0 amide bonds. The Morgan fingerprint density at radius 3 is 2.76 bits per heavy atom. The number of aromatic nitrogens is 3. The SMILES string of the molecule is CC.Cc1cc(Nc2nc(C3=CCCNC3)cn3c(C4=CCN(C)N=C4)cnc23)sc1S(=O)(=O)NCCO. The first-order valence-electron chi connectivity index (χ1n) is 12.6. The second-order valence-electron chi connectivity index (χ2n) is 8.58. The van der Waals surface area contributed by atoms with Crippen molar-refractivity contribution in [3.63, 3.8) is 0 Å². The van der Waals surface area contributed by atoms with Gasteiger partial charge in [-0.05, 0) is 37.1 Å². The molecule has 0 unspecified atom stereocenters. The number of imidazole rings is 1. The van der Waals surface area contributed by atoms with Crippen molar-refractivity contribution in [3.05, 3.63) is 47.6 Å². The predicted molar refractivity (Wildman–Crippen MR) is 154 cm³/mol. The van der Waals surface area contributed by atoms with Crippen LogP contribution in [0.4, 0.5) is 10.8 Å². The van der Waals surface area contributed by atoms with Gasteiger partial charge in [0.15, 0.2) is 11.5 Å². The van der Waals surface area contributed by atoms with Crippen LogP contribution in [-0.2, 0) is 10.0 Å². The Bertz CT molecular complexity index is 1490. The molecule has 4 N–H and O–H groups in total. The van der Waals surface area contributed by atoms with Crippen LogP contribution in [0.1, 0.15) is 37.2 Å². The van der Waals surface area contributed by atoms with Gasteiger partial charge in [-0.15, -0.1) is 11.3 Å². The maximum absolute atomic E-state index is 12.6. The number of thiophene rings is 1. The number of anilines is 2. The molecule has 11 nitrogen and oxygen atoms in total. The number of fused-ring (bicyclic) bond motifs is 1. The molecule has 2 aliphatic heterocycles. The molecule has 5 rings (SSSR count). The van der Waals surface area contributed by atoms with E-state index in [1.54, 1.807) is 19.2 Å². The van der Waals surface area contributed by atoms with E-state index in [1.165, 1.54) is 0 Å². The first kappa shape index (κ1) is 27.9. The van der Waals surface area contributed by atoms with Crippen LogP contribution in [0.25, 0.3) is 16.8 Å². The largest absolute Gasteiger partial charge is 0.395 e. The van der Waals surface area contributed by atoms with E-state index in [-0.39, 0.29) is 17.4 Å². The summed E-state index contributed by atoms with van der Waals surface area (Å²) in [5, 5.41) is 22.6. The molecule has 0 aromatic carbocycles. The number of sulfonamides is 1. The minimum Gasteiger partial charge on any atom is -0.395 e. The molecule has 2 aliphatic rings. The number of hydrazone groups is 1. The number of hydrogen-bond acceptors (Lipinski definition) is 10. The quantitative estimate of drug-likeness (QED) is 0.331. The van der Waals surface area contributed by atoms with Crippen molar-refractivity contribution in [2.24, 2.45) is 5.10 Å². The Hall–Kier alpha value is -3.10. The van der Waals surface area contributed by atoms with Crippen molar-refractivity contribution in [1.82, 2.24) is 29.4 Å². The first-order chi connectivity index (χ1) is 18.4. The topological polar surface area (TPSA) is 136 Å². The molecule has 5 heterocycles. The molecule has 0 atom stereocenters. The van der Waals surface area contributed by atoms with Gasteiger partial charge >= 0.3 is 0 Å². The van der Waals surface area contributed by atoms with Crippen LogP contribution < -0.4 is 15.4 Å². The lowest BCUT2D eigenvalue weighted by molar-refractivity contribution is 0.301. The lowest BCUT2D eigenvalue weighted by Crippen LogP contribution is -2.26. The minimum atomic E-state index is -3.72. The summed E-state index contributed by atoms with van der Waals surface area (Å²) in [7, 11) is -1.81. The van der Waals surface area contributed by atoms with Crippen LogP contribution in [0.3, 0.4) is 0 Å². The van der Waals surface area contributed by atoms with Gasteiger partial charge < -0.3 is 15.7 Å². The summed E-state index contributed by atoms with van der Waals surface area (Å²) >= 11 is 1.11.